The fourth-order valence-electron chi connectivity index (χ4n) is 2.91. The second-order valence-corrected chi connectivity index (χ2v) is 5.85. The van der Waals surface area contributed by atoms with Crippen LogP contribution in [0.5, 0.6) is 0 Å². The van der Waals surface area contributed by atoms with Crippen LogP contribution in [0.3, 0.4) is 0 Å². The Balaban J connectivity index is 1.65. The number of imidazole rings is 1. The van der Waals surface area contributed by atoms with E-state index in [0.717, 1.165) is 12.8 Å². The second kappa shape index (κ2) is 6.01. The fourth-order valence-corrected chi connectivity index (χ4v) is 2.91. The predicted octanol–water partition coefficient (Wildman–Crippen LogP) is 2.78. The molecule has 7 heteroatoms. The van der Waals surface area contributed by atoms with Gasteiger partial charge in [-0.05, 0) is 31.9 Å². The Morgan fingerprint density at radius 2 is 2.04 bits per heavy atom. The highest BCUT2D eigenvalue weighted by Gasteiger charge is 2.25. The summed E-state index contributed by atoms with van der Waals surface area (Å²) in [5.74, 6) is 0.175. The van der Waals surface area contributed by atoms with E-state index in [2.05, 4.69) is 27.2 Å². The molecule has 122 valence electrons. The molecule has 3 aromatic rings. The predicted molar refractivity (Wildman–Crippen MR) is 88.5 cm³/mol. The molecule has 1 fully saturated rings. The van der Waals surface area contributed by atoms with E-state index in [-0.39, 0.29) is 18.2 Å². The minimum atomic E-state index is -0.226. The van der Waals surface area contributed by atoms with Crippen molar-refractivity contribution in [3.63, 3.8) is 0 Å². The number of nitrogens with zero attached hydrogens (tertiary/aromatic N) is 4. The zero-order valence-corrected chi connectivity index (χ0v) is 13.2. The Hall–Kier alpha value is -2.80. The van der Waals surface area contributed by atoms with Gasteiger partial charge in [-0.15, -0.1) is 0 Å². The summed E-state index contributed by atoms with van der Waals surface area (Å²) < 4.78 is 7.78. The third-order valence-electron chi connectivity index (χ3n) is 4.15. The normalized spacial score (nSPS) is 20.4. The van der Waals surface area contributed by atoms with Crippen LogP contribution in [0, 0.1) is 0 Å². The Bertz CT molecular complexity index is 877. The number of carbonyl (C=O) groups excluding carboxylic acids is 1. The summed E-state index contributed by atoms with van der Waals surface area (Å²) in [6.45, 7) is 2.06. The first-order chi connectivity index (χ1) is 11.7. The quantitative estimate of drug-likeness (QED) is 0.801. The number of carbonyl (C=O) groups is 1. The van der Waals surface area contributed by atoms with E-state index in [9.17, 15) is 4.79 Å². The highest BCUT2D eigenvalue weighted by atomic mass is 16.5. The summed E-state index contributed by atoms with van der Waals surface area (Å²) >= 11 is 0. The van der Waals surface area contributed by atoms with Crippen molar-refractivity contribution in [1.82, 2.24) is 19.5 Å². The third-order valence-corrected chi connectivity index (χ3v) is 4.15. The van der Waals surface area contributed by atoms with Gasteiger partial charge in [-0.1, -0.05) is 18.2 Å². The van der Waals surface area contributed by atoms with Crippen LogP contribution in [0.2, 0.25) is 0 Å². The molecule has 1 saturated heterocycles. The number of fused-ring (bicyclic) bond motifs is 1. The minimum Gasteiger partial charge on any atom is -0.355 e. The lowest BCUT2D eigenvalue weighted by atomic mass is 10.2. The number of nitrogens with one attached hydrogen (secondary N) is 1. The first-order valence-electron chi connectivity index (χ1n) is 7.92. The molecule has 1 N–H and O–H groups in total. The van der Waals surface area contributed by atoms with Crippen LogP contribution in [-0.2, 0) is 4.74 Å². The molecule has 1 aliphatic rings. The summed E-state index contributed by atoms with van der Waals surface area (Å²) in [4.78, 5) is 25.2. The van der Waals surface area contributed by atoms with Gasteiger partial charge in [0.05, 0.1) is 12.4 Å². The average Bonchev–Trinajstić information content (AvgIpc) is 3.22. The standard InChI is InChI=1S/C17H17N5O2/c1-11-7-8-13(24-11)22-10-20-14-15(18-9-19-16(14)22)21-17(23)12-5-3-2-4-6-12/h2-6,9-11,13H,7-8H2,1H3,(H,18,19,21,23). The van der Waals surface area contributed by atoms with Gasteiger partial charge < -0.3 is 10.1 Å². The van der Waals surface area contributed by atoms with Gasteiger partial charge in [-0.25, -0.2) is 15.0 Å². The molecule has 0 radical (unpaired) electrons. The van der Waals surface area contributed by atoms with Crippen molar-refractivity contribution in [2.24, 2.45) is 0 Å². The highest BCUT2D eigenvalue weighted by Crippen LogP contribution is 2.31. The number of anilines is 1. The monoisotopic (exact) mass is 323 g/mol. The van der Waals surface area contributed by atoms with E-state index in [1.807, 2.05) is 22.8 Å². The summed E-state index contributed by atoms with van der Waals surface area (Å²) in [5, 5.41) is 2.81. The molecule has 0 spiro atoms. The van der Waals surface area contributed by atoms with Gasteiger partial charge in [-0.3, -0.25) is 9.36 Å². The van der Waals surface area contributed by atoms with Crippen LogP contribution < -0.4 is 5.32 Å². The van der Waals surface area contributed by atoms with E-state index < -0.39 is 0 Å². The van der Waals surface area contributed by atoms with E-state index in [4.69, 9.17) is 4.74 Å². The molecule has 1 amide bonds. The first kappa shape index (κ1) is 14.8. The van der Waals surface area contributed by atoms with Crippen molar-refractivity contribution in [2.45, 2.75) is 32.1 Å². The van der Waals surface area contributed by atoms with Gasteiger partial charge in [0.15, 0.2) is 17.0 Å². The number of hydrogen-bond donors (Lipinski definition) is 1. The molecule has 2 aromatic heterocycles. The number of ether oxygens (including phenoxy) is 1. The van der Waals surface area contributed by atoms with Crippen LogP contribution in [-0.4, -0.2) is 31.5 Å². The van der Waals surface area contributed by atoms with Crippen molar-refractivity contribution < 1.29 is 9.53 Å². The molecule has 4 rings (SSSR count). The fraction of sp³-hybridized carbons (Fsp3) is 0.294. The summed E-state index contributed by atoms with van der Waals surface area (Å²) in [7, 11) is 0. The van der Waals surface area contributed by atoms with E-state index in [1.165, 1.54) is 6.33 Å². The Kier molecular flexibility index (Phi) is 3.70. The zero-order valence-electron chi connectivity index (χ0n) is 13.2. The van der Waals surface area contributed by atoms with Gasteiger partial charge in [0.1, 0.15) is 12.6 Å². The van der Waals surface area contributed by atoms with Gasteiger partial charge in [-0.2, -0.15) is 0 Å². The zero-order chi connectivity index (χ0) is 16.5. The van der Waals surface area contributed by atoms with Crippen LogP contribution in [0.15, 0.2) is 43.0 Å². The molecular weight excluding hydrogens is 306 g/mol. The van der Waals surface area contributed by atoms with Crippen molar-refractivity contribution in [2.75, 3.05) is 5.32 Å². The van der Waals surface area contributed by atoms with Crippen LogP contribution in [0.4, 0.5) is 5.82 Å². The Morgan fingerprint density at radius 3 is 2.79 bits per heavy atom. The van der Waals surface area contributed by atoms with Crippen molar-refractivity contribution in [3.05, 3.63) is 48.5 Å². The van der Waals surface area contributed by atoms with E-state index in [1.54, 1.807) is 18.5 Å². The molecule has 0 aliphatic carbocycles. The lowest BCUT2D eigenvalue weighted by Crippen LogP contribution is -2.14. The minimum absolute atomic E-state index is 0.0717. The van der Waals surface area contributed by atoms with Crippen LogP contribution in [0.1, 0.15) is 36.4 Å². The maximum atomic E-state index is 12.3. The Labute approximate surface area is 138 Å². The average molecular weight is 323 g/mol. The lowest BCUT2D eigenvalue weighted by Gasteiger charge is -2.13. The largest absolute Gasteiger partial charge is 0.355 e. The number of hydrogen-bond acceptors (Lipinski definition) is 5. The van der Waals surface area contributed by atoms with Crippen molar-refractivity contribution >= 4 is 22.9 Å². The van der Waals surface area contributed by atoms with Crippen LogP contribution in [0.25, 0.3) is 11.2 Å². The summed E-state index contributed by atoms with van der Waals surface area (Å²) in [5.41, 5.74) is 1.79. The molecule has 0 bridgehead atoms. The molecule has 2 atom stereocenters. The van der Waals surface area contributed by atoms with Gasteiger partial charge >= 0.3 is 0 Å². The van der Waals surface area contributed by atoms with Crippen molar-refractivity contribution in [1.29, 1.82) is 0 Å². The molecule has 24 heavy (non-hydrogen) atoms. The third kappa shape index (κ3) is 2.63. The van der Waals surface area contributed by atoms with E-state index in [0.29, 0.717) is 22.5 Å². The second-order valence-electron chi connectivity index (χ2n) is 5.85. The highest BCUT2D eigenvalue weighted by molar-refractivity contribution is 6.06. The Morgan fingerprint density at radius 1 is 1.21 bits per heavy atom. The maximum absolute atomic E-state index is 12.3. The number of aromatic nitrogens is 4. The van der Waals surface area contributed by atoms with Crippen molar-refractivity contribution in [3.8, 4) is 0 Å². The molecular formula is C17H17N5O2. The molecule has 7 nitrogen and oxygen atoms in total. The maximum Gasteiger partial charge on any atom is 0.256 e. The molecule has 2 unspecified atom stereocenters. The molecule has 1 aromatic carbocycles. The van der Waals surface area contributed by atoms with Crippen LogP contribution >= 0.6 is 0 Å². The summed E-state index contributed by atoms with van der Waals surface area (Å²) in [6, 6.07) is 9.00. The molecule has 1 aliphatic heterocycles. The smallest absolute Gasteiger partial charge is 0.256 e. The SMILES string of the molecule is CC1CCC(n2cnc3c(NC(=O)c4ccccc4)ncnc32)O1. The molecule has 0 saturated carbocycles. The van der Waals surface area contributed by atoms with Gasteiger partial charge in [0, 0.05) is 5.56 Å². The topological polar surface area (TPSA) is 81.9 Å². The summed E-state index contributed by atoms with van der Waals surface area (Å²) in [6.07, 6.45) is 5.21. The number of rotatable bonds is 3. The number of amides is 1. The van der Waals surface area contributed by atoms with Gasteiger partial charge in [0.2, 0.25) is 0 Å². The van der Waals surface area contributed by atoms with Gasteiger partial charge in [0.25, 0.3) is 5.91 Å². The first-order valence-corrected chi connectivity index (χ1v) is 7.92. The molecule has 3 heterocycles. The number of benzene rings is 1. The lowest BCUT2D eigenvalue weighted by molar-refractivity contribution is 0.0131. The van der Waals surface area contributed by atoms with E-state index >= 15 is 0 Å².